The van der Waals surface area contributed by atoms with Crippen LogP contribution < -0.4 is 5.32 Å². The summed E-state index contributed by atoms with van der Waals surface area (Å²) in [7, 11) is 0. The standard InChI is InChI=1S/C14H17N3O2S/c18-13(14(19)5-8-20-10-14)15-6-4-11-9-17-7-2-1-3-12(17)16-11/h1-3,7,9,19H,4-6,8,10H2,(H,15,18). The number of thioether (sulfide) groups is 1. The van der Waals surface area contributed by atoms with Crippen molar-refractivity contribution in [2.45, 2.75) is 18.4 Å². The average Bonchev–Trinajstić information content (AvgIpc) is 3.05. The van der Waals surface area contributed by atoms with Crippen LogP contribution in [-0.4, -0.2) is 44.0 Å². The number of nitrogens with one attached hydrogen (secondary N) is 1. The van der Waals surface area contributed by atoms with Crippen LogP contribution in [-0.2, 0) is 11.2 Å². The molecule has 106 valence electrons. The summed E-state index contributed by atoms with van der Waals surface area (Å²) in [6, 6.07) is 5.84. The first-order chi connectivity index (χ1) is 9.67. The van der Waals surface area contributed by atoms with Crippen molar-refractivity contribution in [1.82, 2.24) is 14.7 Å². The zero-order valence-corrected chi connectivity index (χ0v) is 11.9. The van der Waals surface area contributed by atoms with Crippen LogP contribution in [0, 0.1) is 0 Å². The maximum atomic E-state index is 11.9. The van der Waals surface area contributed by atoms with Crippen LogP contribution in [0.2, 0.25) is 0 Å². The van der Waals surface area contributed by atoms with Crippen LogP contribution in [0.25, 0.3) is 5.65 Å². The highest BCUT2D eigenvalue weighted by molar-refractivity contribution is 7.99. The van der Waals surface area contributed by atoms with E-state index in [2.05, 4.69) is 10.3 Å². The molecule has 3 rings (SSSR count). The average molecular weight is 291 g/mol. The van der Waals surface area contributed by atoms with Crippen molar-refractivity contribution in [3.8, 4) is 0 Å². The Kier molecular flexibility index (Phi) is 3.67. The molecule has 5 nitrogen and oxygen atoms in total. The van der Waals surface area contributed by atoms with E-state index < -0.39 is 5.60 Å². The van der Waals surface area contributed by atoms with E-state index in [1.54, 1.807) is 11.8 Å². The molecule has 0 radical (unpaired) electrons. The number of nitrogens with zero attached hydrogens (tertiary/aromatic N) is 2. The van der Waals surface area contributed by atoms with Gasteiger partial charge in [0.05, 0.1) is 5.69 Å². The topological polar surface area (TPSA) is 66.6 Å². The number of aliphatic hydroxyl groups is 1. The number of imidazole rings is 1. The largest absolute Gasteiger partial charge is 0.379 e. The molecule has 1 atom stereocenters. The quantitative estimate of drug-likeness (QED) is 0.877. The Morgan fingerprint density at radius 3 is 3.20 bits per heavy atom. The number of carbonyl (C=O) groups excluding carboxylic acids is 1. The molecule has 0 aliphatic carbocycles. The first kappa shape index (κ1) is 13.5. The summed E-state index contributed by atoms with van der Waals surface area (Å²) in [6.07, 6.45) is 5.11. The van der Waals surface area contributed by atoms with Gasteiger partial charge in [-0.2, -0.15) is 11.8 Å². The summed E-state index contributed by atoms with van der Waals surface area (Å²) >= 11 is 1.62. The molecule has 6 heteroatoms. The molecule has 1 saturated heterocycles. The molecule has 0 saturated carbocycles. The molecule has 1 aliphatic rings. The second-order valence-electron chi connectivity index (χ2n) is 5.04. The molecule has 0 bridgehead atoms. The fourth-order valence-corrected chi connectivity index (χ4v) is 3.55. The number of aromatic nitrogens is 2. The number of hydrogen-bond donors (Lipinski definition) is 2. The van der Waals surface area contributed by atoms with Crippen molar-refractivity contribution in [3.05, 3.63) is 36.3 Å². The fraction of sp³-hybridized carbons (Fsp3) is 0.429. The third kappa shape index (κ3) is 2.66. The molecular formula is C14H17N3O2S. The molecule has 3 heterocycles. The lowest BCUT2D eigenvalue weighted by molar-refractivity contribution is -0.137. The van der Waals surface area contributed by atoms with Crippen molar-refractivity contribution < 1.29 is 9.90 Å². The van der Waals surface area contributed by atoms with E-state index in [-0.39, 0.29) is 5.91 Å². The highest BCUT2D eigenvalue weighted by Gasteiger charge is 2.39. The van der Waals surface area contributed by atoms with Crippen LogP contribution in [0.1, 0.15) is 12.1 Å². The van der Waals surface area contributed by atoms with Crippen molar-refractivity contribution >= 4 is 23.3 Å². The normalized spacial score (nSPS) is 22.2. The number of hydrogen-bond acceptors (Lipinski definition) is 4. The minimum atomic E-state index is -1.18. The van der Waals surface area contributed by atoms with E-state index in [0.717, 1.165) is 17.1 Å². The monoisotopic (exact) mass is 291 g/mol. The predicted octanol–water partition coefficient (Wildman–Crippen LogP) is 0.861. The lowest BCUT2D eigenvalue weighted by Crippen LogP contribution is -2.47. The summed E-state index contributed by atoms with van der Waals surface area (Å²) in [5.41, 5.74) is 0.660. The Hall–Kier alpha value is -1.53. The van der Waals surface area contributed by atoms with Gasteiger partial charge in [0, 0.05) is 31.1 Å². The number of pyridine rings is 1. The van der Waals surface area contributed by atoms with E-state index in [9.17, 15) is 9.90 Å². The van der Waals surface area contributed by atoms with Gasteiger partial charge in [-0.3, -0.25) is 4.79 Å². The third-order valence-corrected chi connectivity index (χ3v) is 4.68. The molecule has 1 unspecified atom stereocenters. The smallest absolute Gasteiger partial charge is 0.252 e. The second kappa shape index (κ2) is 5.46. The van der Waals surface area contributed by atoms with Crippen molar-refractivity contribution in [3.63, 3.8) is 0 Å². The predicted molar refractivity (Wildman–Crippen MR) is 78.8 cm³/mol. The number of rotatable bonds is 4. The van der Waals surface area contributed by atoms with Gasteiger partial charge in [0.15, 0.2) is 5.60 Å². The summed E-state index contributed by atoms with van der Waals surface area (Å²) in [5.74, 6) is 1.08. The van der Waals surface area contributed by atoms with Gasteiger partial charge < -0.3 is 14.8 Å². The Morgan fingerprint density at radius 1 is 1.55 bits per heavy atom. The molecule has 0 aromatic carbocycles. The third-order valence-electron chi connectivity index (χ3n) is 3.50. The van der Waals surface area contributed by atoms with Gasteiger partial charge in [-0.25, -0.2) is 4.98 Å². The molecule has 1 amide bonds. The highest BCUT2D eigenvalue weighted by atomic mass is 32.2. The van der Waals surface area contributed by atoms with Gasteiger partial charge in [-0.1, -0.05) is 6.07 Å². The number of fused-ring (bicyclic) bond motifs is 1. The molecule has 20 heavy (non-hydrogen) atoms. The second-order valence-corrected chi connectivity index (χ2v) is 6.14. The lowest BCUT2D eigenvalue weighted by Gasteiger charge is -2.19. The Balaban J connectivity index is 1.56. The molecule has 2 aromatic rings. The number of amides is 1. The maximum absolute atomic E-state index is 11.9. The zero-order chi connectivity index (χ0) is 14.0. The van der Waals surface area contributed by atoms with Crippen LogP contribution >= 0.6 is 11.8 Å². The van der Waals surface area contributed by atoms with Gasteiger partial charge in [0.25, 0.3) is 5.91 Å². The summed E-state index contributed by atoms with van der Waals surface area (Å²) < 4.78 is 1.96. The van der Waals surface area contributed by atoms with Gasteiger partial charge in [0.2, 0.25) is 0 Å². The van der Waals surface area contributed by atoms with Crippen molar-refractivity contribution in [1.29, 1.82) is 0 Å². The summed E-state index contributed by atoms with van der Waals surface area (Å²) in [4.78, 5) is 16.4. The fourth-order valence-electron chi connectivity index (χ4n) is 2.31. The molecule has 2 N–H and O–H groups in total. The van der Waals surface area contributed by atoms with E-state index in [0.29, 0.717) is 25.1 Å². The van der Waals surface area contributed by atoms with E-state index in [1.807, 2.05) is 35.0 Å². The van der Waals surface area contributed by atoms with Gasteiger partial charge in [-0.15, -0.1) is 0 Å². The van der Waals surface area contributed by atoms with Crippen molar-refractivity contribution in [2.75, 3.05) is 18.1 Å². The minimum absolute atomic E-state index is 0.258. The SMILES string of the molecule is O=C(NCCc1cn2ccccc2n1)C1(O)CCSC1. The van der Waals surface area contributed by atoms with Crippen LogP contribution in [0.5, 0.6) is 0 Å². The van der Waals surface area contributed by atoms with Gasteiger partial charge in [0.1, 0.15) is 5.65 Å². The zero-order valence-electron chi connectivity index (χ0n) is 11.1. The first-order valence-corrected chi connectivity index (χ1v) is 7.84. The van der Waals surface area contributed by atoms with Crippen molar-refractivity contribution in [2.24, 2.45) is 0 Å². The van der Waals surface area contributed by atoms with E-state index >= 15 is 0 Å². The highest BCUT2D eigenvalue weighted by Crippen LogP contribution is 2.27. The van der Waals surface area contributed by atoms with Gasteiger partial charge >= 0.3 is 0 Å². The molecule has 0 spiro atoms. The van der Waals surface area contributed by atoms with Crippen LogP contribution in [0.3, 0.4) is 0 Å². The van der Waals surface area contributed by atoms with E-state index in [4.69, 9.17) is 0 Å². The minimum Gasteiger partial charge on any atom is -0.379 e. The Labute approximate surface area is 121 Å². The molecular weight excluding hydrogens is 274 g/mol. The van der Waals surface area contributed by atoms with Crippen LogP contribution in [0.4, 0.5) is 0 Å². The molecule has 2 aromatic heterocycles. The van der Waals surface area contributed by atoms with E-state index in [1.165, 1.54) is 0 Å². The van der Waals surface area contributed by atoms with Gasteiger partial charge in [-0.05, 0) is 24.3 Å². The summed E-state index contributed by atoms with van der Waals surface area (Å²) in [5, 5.41) is 12.9. The lowest BCUT2D eigenvalue weighted by atomic mass is 10.0. The number of carbonyl (C=O) groups is 1. The Morgan fingerprint density at radius 2 is 2.45 bits per heavy atom. The molecule has 1 aliphatic heterocycles. The van der Waals surface area contributed by atoms with Crippen LogP contribution in [0.15, 0.2) is 30.6 Å². The Bertz CT molecular complexity index is 587. The maximum Gasteiger partial charge on any atom is 0.252 e. The summed E-state index contributed by atoms with van der Waals surface area (Å²) in [6.45, 7) is 0.496. The molecule has 1 fully saturated rings. The first-order valence-electron chi connectivity index (χ1n) is 6.68.